The normalized spacial score (nSPS) is 14.8. The highest BCUT2D eigenvalue weighted by molar-refractivity contribution is 7.10. The molecule has 0 saturated heterocycles. The van der Waals surface area contributed by atoms with Gasteiger partial charge in [0.05, 0.1) is 19.1 Å². The first-order valence-corrected chi connectivity index (χ1v) is 7.29. The van der Waals surface area contributed by atoms with Crippen LogP contribution in [0.4, 0.5) is 0 Å². The second-order valence-electron chi connectivity index (χ2n) is 5.78. The van der Waals surface area contributed by atoms with E-state index in [4.69, 9.17) is 4.42 Å². The summed E-state index contributed by atoms with van der Waals surface area (Å²) in [6.45, 7) is 5.63. The zero-order valence-corrected chi connectivity index (χ0v) is 12.7. The van der Waals surface area contributed by atoms with E-state index in [9.17, 15) is 9.90 Å². The van der Waals surface area contributed by atoms with Crippen LogP contribution in [0.15, 0.2) is 40.5 Å². The Balaban J connectivity index is 2.24. The Labute approximate surface area is 122 Å². The highest BCUT2D eigenvalue weighted by Gasteiger charge is 2.35. The standard InChI is InChI=1S/C15H19NO3S/c1-14(2,3)13(17)16-10-15(18,11-6-7-19-9-11)12-5-4-8-20-12/h4-9,18H,10H2,1-3H3,(H,16,17). The van der Waals surface area contributed by atoms with Crippen LogP contribution in [0.1, 0.15) is 31.2 Å². The molecule has 20 heavy (non-hydrogen) atoms. The van der Waals surface area contributed by atoms with Crippen LogP contribution in [0, 0.1) is 5.41 Å². The van der Waals surface area contributed by atoms with E-state index < -0.39 is 11.0 Å². The van der Waals surface area contributed by atoms with E-state index in [0.29, 0.717) is 5.56 Å². The van der Waals surface area contributed by atoms with Crippen molar-refractivity contribution in [2.45, 2.75) is 26.4 Å². The number of hydrogen-bond acceptors (Lipinski definition) is 4. The minimum absolute atomic E-state index is 0.101. The molecule has 1 amide bonds. The lowest BCUT2D eigenvalue weighted by atomic mass is 9.92. The maximum Gasteiger partial charge on any atom is 0.225 e. The monoisotopic (exact) mass is 293 g/mol. The van der Waals surface area contributed by atoms with E-state index in [1.807, 2.05) is 38.3 Å². The molecule has 0 saturated carbocycles. The molecule has 0 aliphatic heterocycles. The van der Waals surface area contributed by atoms with Crippen molar-refractivity contribution in [1.82, 2.24) is 5.32 Å². The van der Waals surface area contributed by atoms with E-state index >= 15 is 0 Å². The summed E-state index contributed by atoms with van der Waals surface area (Å²) in [4.78, 5) is 12.8. The van der Waals surface area contributed by atoms with E-state index in [0.717, 1.165) is 4.88 Å². The second kappa shape index (κ2) is 5.42. The molecule has 0 fully saturated rings. The van der Waals surface area contributed by atoms with Crippen LogP contribution in [-0.4, -0.2) is 17.6 Å². The van der Waals surface area contributed by atoms with Gasteiger partial charge in [0.1, 0.15) is 5.60 Å². The number of carbonyl (C=O) groups is 1. The maximum atomic E-state index is 12.0. The van der Waals surface area contributed by atoms with Crippen LogP contribution < -0.4 is 5.32 Å². The summed E-state index contributed by atoms with van der Waals surface area (Å²) in [7, 11) is 0. The van der Waals surface area contributed by atoms with Gasteiger partial charge in [0.2, 0.25) is 5.91 Å². The molecule has 2 aromatic rings. The summed E-state index contributed by atoms with van der Waals surface area (Å²) < 4.78 is 5.06. The fraction of sp³-hybridized carbons (Fsp3) is 0.400. The number of aliphatic hydroxyl groups is 1. The zero-order chi connectivity index (χ0) is 14.8. The number of carbonyl (C=O) groups excluding carboxylic acids is 1. The third kappa shape index (κ3) is 2.94. The molecule has 108 valence electrons. The highest BCUT2D eigenvalue weighted by atomic mass is 32.1. The van der Waals surface area contributed by atoms with Crippen molar-refractivity contribution in [1.29, 1.82) is 0 Å². The van der Waals surface area contributed by atoms with Gasteiger partial charge in [0.25, 0.3) is 0 Å². The molecule has 0 bridgehead atoms. The summed E-state index contributed by atoms with van der Waals surface area (Å²) in [5.41, 5.74) is -1.12. The van der Waals surface area contributed by atoms with Crippen LogP contribution in [0.5, 0.6) is 0 Å². The van der Waals surface area contributed by atoms with Crippen LogP contribution in [-0.2, 0) is 10.4 Å². The lowest BCUT2D eigenvalue weighted by Gasteiger charge is -2.28. The van der Waals surface area contributed by atoms with Crippen molar-refractivity contribution in [3.8, 4) is 0 Å². The summed E-state index contributed by atoms with van der Waals surface area (Å²) >= 11 is 1.44. The molecule has 5 heteroatoms. The quantitative estimate of drug-likeness (QED) is 0.911. The van der Waals surface area contributed by atoms with Gasteiger partial charge in [-0.15, -0.1) is 11.3 Å². The fourth-order valence-electron chi connectivity index (χ4n) is 1.82. The molecule has 0 radical (unpaired) electrons. The average molecular weight is 293 g/mol. The van der Waals surface area contributed by atoms with Crippen LogP contribution in [0.2, 0.25) is 0 Å². The first kappa shape index (κ1) is 14.8. The van der Waals surface area contributed by atoms with E-state index in [1.165, 1.54) is 23.9 Å². The molecular weight excluding hydrogens is 274 g/mol. The number of nitrogens with one attached hydrogen (secondary N) is 1. The van der Waals surface area contributed by atoms with Gasteiger partial charge in [-0.25, -0.2) is 0 Å². The number of furan rings is 1. The minimum atomic E-state index is -1.26. The highest BCUT2D eigenvalue weighted by Crippen LogP contribution is 2.32. The van der Waals surface area contributed by atoms with Gasteiger partial charge in [-0.3, -0.25) is 4.79 Å². The third-order valence-electron chi connectivity index (χ3n) is 3.11. The van der Waals surface area contributed by atoms with Crippen molar-refractivity contribution < 1.29 is 14.3 Å². The molecule has 2 heterocycles. The smallest absolute Gasteiger partial charge is 0.225 e. The molecule has 2 N–H and O–H groups in total. The van der Waals surface area contributed by atoms with Crippen LogP contribution in [0.3, 0.4) is 0 Å². The molecule has 0 aliphatic carbocycles. The molecular formula is C15H19NO3S. The summed E-state index contributed by atoms with van der Waals surface area (Å²) in [6, 6.07) is 5.43. The fourth-order valence-corrected chi connectivity index (χ4v) is 2.66. The van der Waals surface area contributed by atoms with E-state index in [-0.39, 0.29) is 12.5 Å². The van der Waals surface area contributed by atoms with E-state index in [1.54, 1.807) is 6.07 Å². The Bertz CT molecular complexity index is 518. The van der Waals surface area contributed by atoms with Crippen molar-refractivity contribution >= 4 is 17.2 Å². The Kier molecular flexibility index (Phi) is 4.01. The van der Waals surface area contributed by atoms with Gasteiger partial charge in [0, 0.05) is 15.9 Å². The number of thiophene rings is 1. The lowest BCUT2D eigenvalue weighted by molar-refractivity contribution is -0.129. The second-order valence-corrected chi connectivity index (χ2v) is 6.73. The summed E-state index contributed by atoms with van der Waals surface area (Å²) in [6.07, 6.45) is 3.02. The first-order valence-electron chi connectivity index (χ1n) is 6.41. The average Bonchev–Trinajstić information content (AvgIpc) is 3.05. The van der Waals surface area contributed by atoms with Gasteiger partial charge in [0.15, 0.2) is 0 Å². The zero-order valence-electron chi connectivity index (χ0n) is 11.8. The molecule has 1 atom stereocenters. The number of amides is 1. The molecule has 0 spiro atoms. The largest absolute Gasteiger partial charge is 0.472 e. The molecule has 0 aromatic carbocycles. The predicted molar refractivity (Wildman–Crippen MR) is 78.5 cm³/mol. The van der Waals surface area contributed by atoms with Gasteiger partial charge in [-0.1, -0.05) is 26.8 Å². The van der Waals surface area contributed by atoms with Gasteiger partial charge < -0.3 is 14.8 Å². The van der Waals surface area contributed by atoms with Gasteiger partial charge >= 0.3 is 0 Å². The Morgan fingerprint density at radius 2 is 2.15 bits per heavy atom. The summed E-state index contributed by atoms with van der Waals surface area (Å²) in [5, 5.41) is 15.7. The van der Waals surface area contributed by atoms with Gasteiger partial charge in [-0.05, 0) is 17.5 Å². The Morgan fingerprint density at radius 3 is 2.65 bits per heavy atom. The number of rotatable bonds is 4. The summed E-state index contributed by atoms with van der Waals surface area (Å²) in [5.74, 6) is -0.101. The predicted octanol–water partition coefficient (Wildman–Crippen LogP) is 2.74. The van der Waals surface area contributed by atoms with Crippen molar-refractivity contribution in [3.63, 3.8) is 0 Å². The lowest BCUT2D eigenvalue weighted by Crippen LogP contribution is -2.44. The van der Waals surface area contributed by atoms with Crippen LogP contribution in [0.25, 0.3) is 0 Å². The molecule has 2 rings (SSSR count). The topological polar surface area (TPSA) is 62.5 Å². The number of hydrogen-bond donors (Lipinski definition) is 2. The Hall–Kier alpha value is -1.59. The third-order valence-corrected chi connectivity index (χ3v) is 4.13. The van der Waals surface area contributed by atoms with E-state index in [2.05, 4.69) is 5.32 Å². The first-order chi connectivity index (χ1) is 9.34. The minimum Gasteiger partial charge on any atom is -0.472 e. The Morgan fingerprint density at radius 1 is 1.40 bits per heavy atom. The van der Waals surface area contributed by atoms with Crippen LogP contribution >= 0.6 is 11.3 Å². The maximum absolute atomic E-state index is 12.0. The molecule has 0 aliphatic rings. The van der Waals surface area contributed by atoms with Crippen molar-refractivity contribution in [2.75, 3.05) is 6.54 Å². The molecule has 4 nitrogen and oxygen atoms in total. The SMILES string of the molecule is CC(C)(C)C(=O)NCC(O)(c1ccoc1)c1cccs1. The van der Waals surface area contributed by atoms with Crippen molar-refractivity contribution in [2.24, 2.45) is 5.41 Å². The van der Waals surface area contributed by atoms with Crippen molar-refractivity contribution in [3.05, 3.63) is 46.5 Å². The molecule has 2 aromatic heterocycles. The molecule has 1 unspecified atom stereocenters. The van der Waals surface area contributed by atoms with Gasteiger partial charge in [-0.2, -0.15) is 0 Å².